The number of nitrogens with zero attached hydrogens (tertiary/aromatic N) is 1. The molecule has 0 unspecified atom stereocenters. The number of carbonyl (C=O) groups excluding carboxylic acids is 1. The van der Waals surface area contributed by atoms with E-state index in [0.717, 1.165) is 15.8 Å². The Kier molecular flexibility index (Phi) is 2.79. The molecule has 0 aliphatic rings. The number of thiazole rings is 1. The number of benzene rings is 1. The number of aromatic nitrogens is 1. The Labute approximate surface area is 103 Å². The van der Waals surface area contributed by atoms with E-state index in [4.69, 9.17) is 10.5 Å². The predicted molar refractivity (Wildman–Crippen MR) is 69.1 cm³/mol. The average molecular weight is 250 g/mol. The maximum absolute atomic E-state index is 11.7. The summed E-state index contributed by atoms with van der Waals surface area (Å²) in [5, 5.41) is 0.535. The van der Waals surface area contributed by atoms with Crippen molar-refractivity contribution in [3.05, 3.63) is 23.8 Å². The molecule has 0 atom stereocenters. The summed E-state index contributed by atoms with van der Waals surface area (Å²) in [6.45, 7) is 3.68. The van der Waals surface area contributed by atoms with Gasteiger partial charge in [-0.25, -0.2) is 4.98 Å². The predicted octanol–water partition coefficient (Wildman–Crippen LogP) is 2.33. The van der Waals surface area contributed by atoms with Gasteiger partial charge < -0.3 is 10.5 Å². The van der Waals surface area contributed by atoms with Gasteiger partial charge in [0, 0.05) is 0 Å². The van der Waals surface area contributed by atoms with Crippen molar-refractivity contribution in [2.24, 2.45) is 0 Å². The van der Waals surface area contributed by atoms with Crippen LogP contribution in [-0.2, 0) is 14.9 Å². The number of esters is 1. The second-order valence-corrected chi connectivity index (χ2v) is 5.41. The monoisotopic (exact) mass is 250 g/mol. The summed E-state index contributed by atoms with van der Waals surface area (Å²) >= 11 is 1.42. The van der Waals surface area contributed by atoms with Crippen LogP contribution in [0.4, 0.5) is 5.13 Å². The van der Waals surface area contributed by atoms with Crippen LogP contribution in [0.2, 0.25) is 0 Å². The molecule has 90 valence electrons. The molecule has 0 aliphatic carbocycles. The van der Waals surface area contributed by atoms with Crippen molar-refractivity contribution in [2.75, 3.05) is 12.8 Å². The number of anilines is 1. The number of rotatable bonds is 2. The largest absolute Gasteiger partial charge is 0.468 e. The molecule has 0 aliphatic heterocycles. The standard InChI is InChI=1S/C12H14N2O2S/c1-12(2,10(15)16-3)7-4-5-8-9(6-7)17-11(13)14-8/h4-6H,1-3H3,(H2,13,14). The molecule has 4 nitrogen and oxygen atoms in total. The Hall–Kier alpha value is -1.62. The second-order valence-electron chi connectivity index (χ2n) is 4.35. The van der Waals surface area contributed by atoms with E-state index in [0.29, 0.717) is 5.13 Å². The molecule has 2 aromatic rings. The summed E-state index contributed by atoms with van der Waals surface area (Å²) in [5.74, 6) is -0.255. The zero-order chi connectivity index (χ0) is 12.6. The fraction of sp³-hybridized carbons (Fsp3) is 0.333. The Balaban J connectivity index is 2.52. The number of ether oxygens (including phenoxy) is 1. The molecule has 1 aromatic carbocycles. The van der Waals surface area contributed by atoms with Crippen molar-refractivity contribution in [1.29, 1.82) is 0 Å². The van der Waals surface area contributed by atoms with Gasteiger partial charge in [0.05, 0.1) is 22.7 Å². The summed E-state index contributed by atoms with van der Waals surface area (Å²) < 4.78 is 5.79. The van der Waals surface area contributed by atoms with E-state index in [9.17, 15) is 4.79 Å². The molecular weight excluding hydrogens is 236 g/mol. The number of hydrogen-bond donors (Lipinski definition) is 1. The Morgan fingerprint density at radius 1 is 1.47 bits per heavy atom. The molecule has 2 rings (SSSR count). The Morgan fingerprint density at radius 3 is 2.82 bits per heavy atom. The number of fused-ring (bicyclic) bond motifs is 1. The Morgan fingerprint density at radius 2 is 2.18 bits per heavy atom. The molecule has 0 amide bonds. The molecule has 0 bridgehead atoms. The van der Waals surface area contributed by atoms with E-state index in [-0.39, 0.29) is 5.97 Å². The first-order valence-electron chi connectivity index (χ1n) is 5.20. The minimum Gasteiger partial charge on any atom is -0.468 e. The van der Waals surface area contributed by atoms with Crippen molar-refractivity contribution >= 4 is 32.7 Å². The lowest BCUT2D eigenvalue weighted by atomic mass is 9.85. The highest BCUT2D eigenvalue weighted by molar-refractivity contribution is 7.22. The van der Waals surface area contributed by atoms with Gasteiger partial charge in [0.1, 0.15) is 0 Å². The first-order valence-corrected chi connectivity index (χ1v) is 6.02. The van der Waals surface area contributed by atoms with Crippen molar-refractivity contribution in [3.8, 4) is 0 Å². The lowest BCUT2D eigenvalue weighted by molar-refractivity contribution is -0.146. The zero-order valence-corrected chi connectivity index (χ0v) is 10.8. The SMILES string of the molecule is COC(=O)C(C)(C)c1ccc2nc(N)sc2c1. The lowest BCUT2D eigenvalue weighted by Gasteiger charge is -2.21. The first kappa shape index (κ1) is 11.9. The van der Waals surface area contributed by atoms with Crippen LogP contribution in [0.25, 0.3) is 10.2 Å². The third-order valence-corrected chi connectivity index (χ3v) is 3.67. The number of carbonyl (C=O) groups is 1. The molecule has 0 spiro atoms. The second kappa shape index (κ2) is 4.00. The molecule has 0 fully saturated rings. The number of nitrogens with two attached hydrogens (primary N) is 1. The lowest BCUT2D eigenvalue weighted by Crippen LogP contribution is -2.30. The van der Waals surface area contributed by atoms with Crippen molar-refractivity contribution in [3.63, 3.8) is 0 Å². The zero-order valence-electron chi connectivity index (χ0n) is 9.98. The van der Waals surface area contributed by atoms with Crippen LogP contribution in [-0.4, -0.2) is 18.1 Å². The van der Waals surface area contributed by atoms with E-state index < -0.39 is 5.41 Å². The van der Waals surface area contributed by atoms with E-state index in [2.05, 4.69) is 4.98 Å². The van der Waals surface area contributed by atoms with Crippen LogP contribution in [0.15, 0.2) is 18.2 Å². The van der Waals surface area contributed by atoms with Crippen LogP contribution in [0.3, 0.4) is 0 Å². The molecule has 2 N–H and O–H groups in total. The van der Waals surface area contributed by atoms with E-state index in [1.54, 1.807) is 0 Å². The van der Waals surface area contributed by atoms with E-state index in [1.165, 1.54) is 18.4 Å². The average Bonchev–Trinajstić information content (AvgIpc) is 2.66. The fourth-order valence-electron chi connectivity index (χ4n) is 1.70. The van der Waals surface area contributed by atoms with Gasteiger partial charge in [-0.15, -0.1) is 0 Å². The molecular formula is C12H14N2O2S. The molecule has 0 saturated carbocycles. The molecule has 1 aromatic heterocycles. The molecule has 5 heteroatoms. The third-order valence-electron chi connectivity index (χ3n) is 2.82. The van der Waals surface area contributed by atoms with Gasteiger partial charge in [0.15, 0.2) is 5.13 Å². The number of nitrogen functional groups attached to an aromatic ring is 1. The maximum Gasteiger partial charge on any atom is 0.315 e. The quantitative estimate of drug-likeness (QED) is 0.831. The van der Waals surface area contributed by atoms with Crippen molar-refractivity contribution < 1.29 is 9.53 Å². The Bertz CT molecular complexity index is 575. The number of hydrogen-bond acceptors (Lipinski definition) is 5. The topological polar surface area (TPSA) is 65.2 Å². The van der Waals surface area contributed by atoms with Gasteiger partial charge in [-0.3, -0.25) is 4.79 Å². The van der Waals surface area contributed by atoms with E-state index >= 15 is 0 Å². The van der Waals surface area contributed by atoms with Gasteiger partial charge in [-0.05, 0) is 31.5 Å². The first-order chi connectivity index (χ1) is 7.95. The van der Waals surface area contributed by atoms with Gasteiger partial charge in [-0.2, -0.15) is 0 Å². The summed E-state index contributed by atoms with van der Waals surface area (Å²) in [6, 6.07) is 5.71. The third kappa shape index (κ3) is 1.98. The van der Waals surface area contributed by atoms with Crippen LogP contribution in [0.1, 0.15) is 19.4 Å². The smallest absolute Gasteiger partial charge is 0.315 e. The van der Waals surface area contributed by atoms with Crippen molar-refractivity contribution in [2.45, 2.75) is 19.3 Å². The van der Waals surface area contributed by atoms with Gasteiger partial charge in [0.25, 0.3) is 0 Å². The summed E-state index contributed by atoms with van der Waals surface area (Å²) in [7, 11) is 1.40. The number of methoxy groups -OCH3 is 1. The van der Waals surface area contributed by atoms with Crippen LogP contribution in [0, 0.1) is 0 Å². The van der Waals surface area contributed by atoms with Crippen LogP contribution < -0.4 is 5.73 Å². The van der Waals surface area contributed by atoms with Gasteiger partial charge in [-0.1, -0.05) is 17.4 Å². The highest BCUT2D eigenvalue weighted by atomic mass is 32.1. The van der Waals surface area contributed by atoms with E-state index in [1.807, 2.05) is 32.0 Å². The minimum atomic E-state index is -0.665. The highest BCUT2D eigenvalue weighted by Gasteiger charge is 2.31. The normalized spacial score (nSPS) is 11.7. The fourth-order valence-corrected chi connectivity index (χ4v) is 2.48. The molecule has 0 saturated heterocycles. The van der Waals surface area contributed by atoms with Crippen molar-refractivity contribution in [1.82, 2.24) is 4.98 Å². The van der Waals surface area contributed by atoms with Gasteiger partial charge in [0.2, 0.25) is 0 Å². The molecule has 17 heavy (non-hydrogen) atoms. The summed E-state index contributed by atoms with van der Waals surface area (Å²) in [4.78, 5) is 15.9. The summed E-state index contributed by atoms with van der Waals surface area (Å²) in [6.07, 6.45) is 0. The highest BCUT2D eigenvalue weighted by Crippen LogP contribution is 2.31. The maximum atomic E-state index is 11.7. The van der Waals surface area contributed by atoms with Crippen LogP contribution in [0.5, 0.6) is 0 Å². The summed E-state index contributed by atoms with van der Waals surface area (Å²) in [5.41, 5.74) is 6.75. The minimum absolute atomic E-state index is 0.255. The van der Waals surface area contributed by atoms with Gasteiger partial charge >= 0.3 is 5.97 Å². The molecule has 1 heterocycles. The van der Waals surface area contributed by atoms with Crippen LogP contribution >= 0.6 is 11.3 Å². The molecule has 0 radical (unpaired) electrons.